The molecule has 0 aliphatic heterocycles. The Hall–Kier alpha value is -0.910. The maximum atomic E-state index is 5.31. The lowest BCUT2D eigenvalue weighted by molar-refractivity contribution is 0.969. The Bertz CT molecular complexity index is 337. The molecule has 1 aliphatic rings. The molecule has 1 fully saturated rings. The van der Waals surface area contributed by atoms with Crippen LogP contribution >= 0.6 is 11.9 Å². The minimum atomic E-state index is 0.722. The van der Waals surface area contributed by atoms with Crippen LogP contribution in [0, 0.1) is 12.3 Å². The molecule has 0 atom stereocenters. The average Bonchev–Trinajstić information content (AvgIpc) is 3.13. The average molecular weight is 219 g/mol. The predicted octanol–water partition coefficient (Wildman–Crippen LogP) is 3.45. The molecule has 1 aromatic carbocycles. The van der Waals surface area contributed by atoms with Crippen LogP contribution in [0.1, 0.15) is 32.3 Å². The van der Waals surface area contributed by atoms with Crippen molar-refractivity contribution in [2.75, 3.05) is 0 Å². The molecule has 0 spiro atoms. The topological polar surface area (TPSA) is 12.0 Å². The first kappa shape index (κ1) is 12.2. The van der Waals surface area contributed by atoms with Gasteiger partial charge in [0.15, 0.2) is 0 Å². The highest BCUT2D eigenvalue weighted by atomic mass is 32.2. The van der Waals surface area contributed by atoms with E-state index in [1.165, 1.54) is 17.7 Å². The van der Waals surface area contributed by atoms with Gasteiger partial charge in [-0.15, -0.1) is 6.42 Å². The van der Waals surface area contributed by atoms with Crippen molar-refractivity contribution in [1.82, 2.24) is 4.72 Å². The fraction of sp³-hybridized carbons (Fsp3) is 0.385. The van der Waals surface area contributed by atoms with Crippen LogP contribution < -0.4 is 4.72 Å². The van der Waals surface area contributed by atoms with Crippen molar-refractivity contribution in [2.24, 2.45) is 0 Å². The van der Waals surface area contributed by atoms with Gasteiger partial charge in [-0.2, -0.15) is 0 Å². The van der Waals surface area contributed by atoms with Gasteiger partial charge in [0.1, 0.15) is 0 Å². The number of terminal acetylenes is 1. The van der Waals surface area contributed by atoms with Gasteiger partial charge < -0.3 is 0 Å². The third-order valence-electron chi connectivity index (χ3n) is 1.92. The fourth-order valence-corrected chi connectivity index (χ4v) is 1.87. The van der Waals surface area contributed by atoms with E-state index in [4.69, 9.17) is 6.42 Å². The zero-order chi connectivity index (χ0) is 11.1. The molecule has 2 heteroatoms. The molecule has 1 N–H and O–H groups in total. The minimum Gasteiger partial charge on any atom is -0.257 e. The van der Waals surface area contributed by atoms with Crippen LogP contribution in [-0.4, -0.2) is 6.04 Å². The summed E-state index contributed by atoms with van der Waals surface area (Å²) in [5.74, 6) is 2.63. The molecular weight excluding hydrogens is 202 g/mol. The Morgan fingerprint density at radius 3 is 2.73 bits per heavy atom. The summed E-state index contributed by atoms with van der Waals surface area (Å²) in [4.78, 5) is 1.20. The molecule has 1 aromatic rings. The second-order valence-corrected chi connectivity index (χ2v) is 4.08. The van der Waals surface area contributed by atoms with Gasteiger partial charge >= 0.3 is 0 Å². The van der Waals surface area contributed by atoms with Gasteiger partial charge in [-0.1, -0.05) is 25.8 Å². The second-order valence-electron chi connectivity index (χ2n) is 3.17. The molecule has 0 radical (unpaired) electrons. The standard InChI is InChI=1S/C11H11NS.C2H6/c1-2-9-4-3-5-11(8-9)13-12-10-6-7-10;1-2/h1,3-5,8,10,12H,6-7H2;1-2H3. The van der Waals surface area contributed by atoms with Crippen molar-refractivity contribution in [3.05, 3.63) is 29.8 Å². The van der Waals surface area contributed by atoms with Crippen molar-refractivity contribution in [3.63, 3.8) is 0 Å². The molecule has 1 saturated carbocycles. The molecular formula is C13H17NS. The monoisotopic (exact) mass is 219 g/mol. The lowest BCUT2D eigenvalue weighted by Gasteiger charge is -2.01. The highest BCUT2D eigenvalue weighted by Gasteiger charge is 2.20. The molecule has 15 heavy (non-hydrogen) atoms. The highest BCUT2D eigenvalue weighted by Crippen LogP contribution is 2.25. The Labute approximate surface area is 96.8 Å². The quantitative estimate of drug-likeness (QED) is 0.617. The Morgan fingerprint density at radius 1 is 1.40 bits per heavy atom. The summed E-state index contributed by atoms with van der Waals surface area (Å²) in [7, 11) is 0. The van der Waals surface area contributed by atoms with Crippen LogP contribution in [0.25, 0.3) is 0 Å². The van der Waals surface area contributed by atoms with Gasteiger partial charge in [0, 0.05) is 16.5 Å². The van der Waals surface area contributed by atoms with Gasteiger partial charge in [0.25, 0.3) is 0 Å². The van der Waals surface area contributed by atoms with E-state index >= 15 is 0 Å². The molecule has 2 rings (SSSR count). The van der Waals surface area contributed by atoms with Crippen LogP contribution in [-0.2, 0) is 0 Å². The normalized spacial score (nSPS) is 13.7. The fourth-order valence-electron chi connectivity index (χ4n) is 1.00. The first-order valence-electron chi connectivity index (χ1n) is 5.37. The second kappa shape index (κ2) is 6.55. The number of rotatable bonds is 3. The number of hydrogen-bond acceptors (Lipinski definition) is 2. The third kappa shape index (κ3) is 4.42. The summed E-state index contributed by atoms with van der Waals surface area (Å²) in [6.45, 7) is 4.00. The predicted molar refractivity (Wildman–Crippen MR) is 67.7 cm³/mol. The van der Waals surface area contributed by atoms with Crippen molar-refractivity contribution in [3.8, 4) is 12.3 Å². The summed E-state index contributed by atoms with van der Waals surface area (Å²) < 4.78 is 3.37. The Kier molecular flexibility index (Phi) is 5.31. The molecule has 1 nitrogen and oxygen atoms in total. The van der Waals surface area contributed by atoms with Gasteiger partial charge in [-0.05, 0) is 43.0 Å². The lowest BCUT2D eigenvalue weighted by Crippen LogP contribution is -2.04. The van der Waals surface area contributed by atoms with E-state index in [0.717, 1.165) is 11.6 Å². The molecule has 0 heterocycles. The van der Waals surface area contributed by atoms with Crippen molar-refractivity contribution in [2.45, 2.75) is 37.6 Å². The van der Waals surface area contributed by atoms with Crippen LogP contribution in [0.3, 0.4) is 0 Å². The zero-order valence-corrected chi connectivity index (χ0v) is 10.1. The Balaban J connectivity index is 0.000000531. The first-order valence-corrected chi connectivity index (χ1v) is 6.19. The highest BCUT2D eigenvalue weighted by molar-refractivity contribution is 7.97. The van der Waals surface area contributed by atoms with Crippen molar-refractivity contribution in [1.29, 1.82) is 0 Å². The molecule has 1 aliphatic carbocycles. The number of benzene rings is 1. The van der Waals surface area contributed by atoms with Gasteiger partial charge in [-0.25, -0.2) is 0 Å². The molecule has 0 amide bonds. The number of nitrogens with one attached hydrogen (secondary N) is 1. The van der Waals surface area contributed by atoms with Gasteiger partial charge in [0.05, 0.1) is 0 Å². The lowest BCUT2D eigenvalue weighted by atomic mass is 10.2. The smallest absolute Gasteiger partial charge is 0.0254 e. The van der Waals surface area contributed by atoms with E-state index in [1.807, 2.05) is 32.0 Å². The summed E-state index contributed by atoms with van der Waals surface area (Å²) in [6, 6.07) is 8.76. The molecule has 0 saturated heterocycles. The van der Waals surface area contributed by atoms with Gasteiger partial charge in [-0.3, -0.25) is 4.72 Å². The maximum absolute atomic E-state index is 5.31. The van der Waals surface area contributed by atoms with E-state index in [0.29, 0.717) is 0 Å². The summed E-state index contributed by atoms with van der Waals surface area (Å²) in [5, 5.41) is 0. The maximum Gasteiger partial charge on any atom is 0.0254 e. The van der Waals surface area contributed by atoms with E-state index in [2.05, 4.69) is 16.7 Å². The molecule has 0 aromatic heterocycles. The van der Waals surface area contributed by atoms with Crippen molar-refractivity contribution >= 4 is 11.9 Å². The largest absolute Gasteiger partial charge is 0.257 e. The van der Waals surface area contributed by atoms with E-state index in [9.17, 15) is 0 Å². The molecule has 0 unspecified atom stereocenters. The van der Waals surface area contributed by atoms with Crippen LogP contribution in [0.15, 0.2) is 29.2 Å². The van der Waals surface area contributed by atoms with Crippen LogP contribution in [0.2, 0.25) is 0 Å². The molecule has 0 bridgehead atoms. The number of hydrogen-bond donors (Lipinski definition) is 1. The van der Waals surface area contributed by atoms with E-state index in [1.54, 1.807) is 11.9 Å². The summed E-state index contributed by atoms with van der Waals surface area (Å²) in [5.41, 5.74) is 0.947. The first-order chi connectivity index (χ1) is 7.38. The van der Waals surface area contributed by atoms with Crippen molar-refractivity contribution < 1.29 is 0 Å². The summed E-state index contributed by atoms with van der Waals surface area (Å²) >= 11 is 1.67. The van der Waals surface area contributed by atoms with E-state index in [-0.39, 0.29) is 0 Å². The Morgan fingerprint density at radius 2 is 2.13 bits per heavy atom. The minimum absolute atomic E-state index is 0.722. The van der Waals surface area contributed by atoms with Gasteiger partial charge in [0.2, 0.25) is 0 Å². The van der Waals surface area contributed by atoms with Crippen LogP contribution in [0.4, 0.5) is 0 Å². The summed E-state index contributed by atoms with van der Waals surface area (Å²) in [6.07, 6.45) is 7.92. The zero-order valence-electron chi connectivity index (χ0n) is 9.29. The third-order valence-corrected chi connectivity index (χ3v) is 2.86. The van der Waals surface area contributed by atoms with E-state index < -0.39 is 0 Å². The SMILES string of the molecule is C#Cc1cccc(SNC2CC2)c1.CC. The molecule has 80 valence electrons. The van der Waals surface area contributed by atoms with Crippen LogP contribution in [0.5, 0.6) is 0 Å².